The molecule has 0 bridgehead atoms. The molecule has 1 rings (SSSR count). The van der Waals surface area contributed by atoms with Crippen molar-refractivity contribution in [1.29, 1.82) is 0 Å². The molecule has 0 heterocycles. The molecule has 22 heavy (non-hydrogen) atoms. The van der Waals surface area contributed by atoms with E-state index in [1.54, 1.807) is 13.2 Å². The summed E-state index contributed by atoms with van der Waals surface area (Å²) in [6.45, 7) is 9.98. The maximum atomic E-state index is 9.95. The lowest BCUT2D eigenvalue weighted by Crippen LogP contribution is -2.44. The maximum absolute atomic E-state index is 9.95. The number of hydrogen-bond donors (Lipinski definition) is 3. The van der Waals surface area contributed by atoms with E-state index in [4.69, 9.17) is 4.74 Å². The predicted molar refractivity (Wildman–Crippen MR) is 91.8 cm³/mol. The lowest BCUT2D eigenvalue weighted by Gasteiger charge is -2.20. The summed E-state index contributed by atoms with van der Waals surface area (Å²) in [5.74, 6) is 2.26. The summed E-state index contributed by atoms with van der Waals surface area (Å²) in [6.07, 6.45) is 0.683. The lowest BCUT2D eigenvalue weighted by atomic mass is 10.1. The molecule has 5 heteroatoms. The minimum Gasteiger partial charge on any atom is -0.508 e. The Labute approximate surface area is 133 Å². The average molecular weight is 307 g/mol. The number of ether oxygens (including phenoxy) is 1. The molecule has 1 unspecified atom stereocenters. The standard InChI is InChI=1S/C17H29N3O2/c1-6-18-17(20-13(4)12(2)3)19-10-9-14-7-8-15(22-5)11-16(14)21/h7-8,11-13,21H,6,9-10H2,1-5H3,(H2,18,19,20). The maximum Gasteiger partial charge on any atom is 0.191 e. The molecule has 0 aliphatic heterocycles. The van der Waals surface area contributed by atoms with Crippen LogP contribution in [0, 0.1) is 5.92 Å². The number of rotatable bonds is 7. The highest BCUT2D eigenvalue weighted by Gasteiger charge is 2.09. The Bertz CT molecular complexity index is 487. The zero-order chi connectivity index (χ0) is 16.5. The van der Waals surface area contributed by atoms with Crippen LogP contribution < -0.4 is 15.4 Å². The third kappa shape index (κ3) is 5.84. The molecule has 0 fully saturated rings. The van der Waals surface area contributed by atoms with Gasteiger partial charge in [-0.25, -0.2) is 0 Å². The Morgan fingerprint density at radius 1 is 1.32 bits per heavy atom. The number of phenols is 1. The van der Waals surface area contributed by atoms with E-state index in [2.05, 4.69) is 36.4 Å². The van der Waals surface area contributed by atoms with Gasteiger partial charge in [0.05, 0.1) is 7.11 Å². The summed E-state index contributed by atoms with van der Waals surface area (Å²) in [4.78, 5) is 4.57. The average Bonchev–Trinajstić information content (AvgIpc) is 2.48. The van der Waals surface area contributed by atoms with Gasteiger partial charge >= 0.3 is 0 Å². The van der Waals surface area contributed by atoms with Gasteiger partial charge in [-0.1, -0.05) is 19.9 Å². The van der Waals surface area contributed by atoms with Crippen LogP contribution >= 0.6 is 0 Å². The fourth-order valence-corrected chi connectivity index (χ4v) is 1.87. The number of nitrogens with one attached hydrogen (secondary N) is 2. The second-order valence-electron chi connectivity index (χ2n) is 5.68. The van der Waals surface area contributed by atoms with Crippen LogP contribution in [0.1, 0.15) is 33.3 Å². The summed E-state index contributed by atoms with van der Waals surface area (Å²) in [5.41, 5.74) is 0.873. The van der Waals surface area contributed by atoms with E-state index in [-0.39, 0.29) is 5.75 Å². The van der Waals surface area contributed by atoms with Gasteiger partial charge in [0.2, 0.25) is 0 Å². The minimum atomic E-state index is 0.253. The predicted octanol–water partition coefficient (Wildman–Crippen LogP) is 2.54. The quantitative estimate of drug-likeness (QED) is 0.535. The molecule has 1 aromatic carbocycles. The first kappa shape index (κ1) is 18.1. The van der Waals surface area contributed by atoms with Crippen molar-refractivity contribution in [2.75, 3.05) is 20.2 Å². The van der Waals surface area contributed by atoms with Crippen molar-refractivity contribution < 1.29 is 9.84 Å². The summed E-state index contributed by atoms with van der Waals surface area (Å²) in [5, 5.41) is 16.6. The molecule has 1 aromatic rings. The van der Waals surface area contributed by atoms with Crippen LogP contribution in [0.25, 0.3) is 0 Å². The van der Waals surface area contributed by atoms with Crippen molar-refractivity contribution in [2.24, 2.45) is 10.9 Å². The highest BCUT2D eigenvalue weighted by Crippen LogP contribution is 2.23. The van der Waals surface area contributed by atoms with E-state index >= 15 is 0 Å². The molecule has 0 saturated carbocycles. The third-order valence-corrected chi connectivity index (χ3v) is 3.65. The Morgan fingerprint density at radius 3 is 2.59 bits per heavy atom. The third-order valence-electron chi connectivity index (χ3n) is 3.65. The van der Waals surface area contributed by atoms with Crippen LogP contribution in [0.3, 0.4) is 0 Å². The fraction of sp³-hybridized carbons (Fsp3) is 0.588. The summed E-state index contributed by atoms with van der Waals surface area (Å²) in [6, 6.07) is 5.71. The van der Waals surface area contributed by atoms with Crippen LogP contribution in [0.2, 0.25) is 0 Å². The van der Waals surface area contributed by atoms with Gasteiger partial charge in [0.1, 0.15) is 11.5 Å². The topological polar surface area (TPSA) is 65.9 Å². The first-order valence-electron chi connectivity index (χ1n) is 7.88. The van der Waals surface area contributed by atoms with Gasteiger partial charge in [-0.2, -0.15) is 0 Å². The number of phenolic OH excluding ortho intramolecular Hbond substituents is 1. The van der Waals surface area contributed by atoms with Gasteiger partial charge in [0.15, 0.2) is 5.96 Å². The molecule has 3 N–H and O–H groups in total. The number of methoxy groups -OCH3 is 1. The van der Waals surface area contributed by atoms with Gasteiger partial charge in [0.25, 0.3) is 0 Å². The second kappa shape index (κ2) is 9.18. The van der Waals surface area contributed by atoms with Crippen molar-refractivity contribution >= 4 is 5.96 Å². The van der Waals surface area contributed by atoms with Gasteiger partial charge in [-0.05, 0) is 37.8 Å². The molecule has 0 amide bonds. The lowest BCUT2D eigenvalue weighted by molar-refractivity contribution is 0.406. The Balaban J connectivity index is 2.63. The molecule has 0 saturated heterocycles. The van der Waals surface area contributed by atoms with Crippen LogP contribution in [0.5, 0.6) is 11.5 Å². The van der Waals surface area contributed by atoms with Crippen LogP contribution in [0.15, 0.2) is 23.2 Å². The number of aromatic hydroxyl groups is 1. The molecular weight excluding hydrogens is 278 g/mol. The van der Waals surface area contributed by atoms with Crippen molar-refractivity contribution in [3.05, 3.63) is 23.8 Å². The molecule has 1 atom stereocenters. The van der Waals surface area contributed by atoms with Gasteiger partial charge in [0, 0.05) is 25.2 Å². The Kier molecular flexibility index (Phi) is 7.57. The van der Waals surface area contributed by atoms with E-state index in [1.807, 2.05) is 19.1 Å². The molecule has 124 valence electrons. The van der Waals surface area contributed by atoms with Gasteiger partial charge in [-0.15, -0.1) is 0 Å². The zero-order valence-electron chi connectivity index (χ0n) is 14.3. The summed E-state index contributed by atoms with van der Waals surface area (Å²) >= 11 is 0. The normalized spacial score (nSPS) is 13.1. The van der Waals surface area contributed by atoms with Crippen LogP contribution in [-0.4, -0.2) is 37.3 Å². The highest BCUT2D eigenvalue weighted by atomic mass is 16.5. The zero-order valence-corrected chi connectivity index (χ0v) is 14.3. The minimum absolute atomic E-state index is 0.253. The largest absolute Gasteiger partial charge is 0.508 e. The molecule has 0 aliphatic carbocycles. The van der Waals surface area contributed by atoms with Crippen LogP contribution in [-0.2, 0) is 6.42 Å². The van der Waals surface area contributed by atoms with E-state index in [1.165, 1.54) is 0 Å². The molecule has 0 radical (unpaired) electrons. The van der Waals surface area contributed by atoms with Gasteiger partial charge < -0.3 is 20.5 Å². The molecule has 0 aliphatic rings. The van der Waals surface area contributed by atoms with E-state index in [9.17, 15) is 5.11 Å². The van der Waals surface area contributed by atoms with Crippen molar-refractivity contribution in [3.8, 4) is 11.5 Å². The van der Waals surface area contributed by atoms with Crippen molar-refractivity contribution in [2.45, 2.75) is 40.2 Å². The summed E-state index contributed by atoms with van der Waals surface area (Å²) in [7, 11) is 1.59. The molecule has 0 aromatic heterocycles. The molecule has 0 spiro atoms. The second-order valence-corrected chi connectivity index (χ2v) is 5.68. The van der Waals surface area contributed by atoms with Crippen molar-refractivity contribution in [1.82, 2.24) is 10.6 Å². The Hall–Kier alpha value is -1.91. The monoisotopic (exact) mass is 307 g/mol. The first-order valence-corrected chi connectivity index (χ1v) is 7.88. The van der Waals surface area contributed by atoms with E-state index in [0.29, 0.717) is 30.7 Å². The number of benzene rings is 1. The number of guanidine groups is 1. The van der Waals surface area contributed by atoms with E-state index in [0.717, 1.165) is 18.1 Å². The Morgan fingerprint density at radius 2 is 2.05 bits per heavy atom. The fourth-order valence-electron chi connectivity index (χ4n) is 1.87. The van der Waals surface area contributed by atoms with Crippen LogP contribution in [0.4, 0.5) is 0 Å². The first-order chi connectivity index (χ1) is 10.5. The molecular formula is C17H29N3O2. The number of hydrogen-bond acceptors (Lipinski definition) is 3. The smallest absolute Gasteiger partial charge is 0.191 e. The highest BCUT2D eigenvalue weighted by molar-refractivity contribution is 5.80. The summed E-state index contributed by atoms with van der Waals surface area (Å²) < 4.78 is 5.08. The number of nitrogens with zero attached hydrogens (tertiary/aromatic N) is 1. The number of aliphatic imine (C=N–C) groups is 1. The SMILES string of the molecule is CCNC(=NCCc1ccc(OC)cc1O)NC(C)C(C)C. The molecule has 5 nitrogen and oxygen atoms in total. The van der Waals surface area contributed by atoms with Gasteiger partial charge in [-0.3, -0.25) is 4.99 Å². The van der Waals surface area contributed by atoms with Crippen molar-refractivity contribution in [3.63, 3.8) is 0 Å². The van der Waals surface area contributed by atoms with E-state index < -0.39 is 0 Å².